The van der Waals surface area contributed by atoms with Gasteiger partial charge >= 0.3 is 0 Å². The lowest BCUT2D eigenvalue weighted by Crippen LogP contribution is -2.44. The average molecular weight is 389 g/mol. The molecule has 1 aliphatic rings. The highest BCUT2D eigenvalue weighted by atomic mass is 16.3. The van der Waals surface area contributed by atoms with Crippen LogP contribution in [0, 0.1) is 0 Å². The van der Waals surface area contributed by atoms with Crippen LogP contribution in [0.3, 0.4) is 0 Å². The summed E-state index contributed by atoms with van der Waals surface area (Å²) in [7, 11) is 0. The predicted octanol–water partition coefficient (Wildman–Crippen LogP) is 0.783. The fraction of sp³-hybridized carbons (Fsp3) is 0.950. The molecule has 7 nitrogen and oxygen atoms in total. The van der Waals surface area contributed by atoms with E-state index in [1.807, 2.05) is 4.90 Å². The number of carbonyl (C=O) groups excluding carboxylic acids is 1. The Kier molecular flexibility index (Phi) is 12.9. The topological polar surface area (TPSA) is 113 Å². The zero-order valence-corrected chi connectivity index (χ0v) is 16.9. The van der Waals surface area contributed by atoms with Crippen molar-refractivity contribution in [3.63, 3.8) is 0 Å². The fourth-order valence-electron chi connectivity index (χ4n) is 3.83. The van der Waals surface area contributed by atoms with E-state index in [1.165, 1.54) is 0 Å². The third-order valence-electron chi connectivity index (χ3n) is 5.50. The van der Waals surface area contributed by atoms with Gasteiger partial charge in [0.2, 0.25) is 5.91 Å². The lowest BCUT2D eigenvalue weighted by molar-refractivity contribution is -0.123. The maximum atomic E-state index is 12.2. The average Bonchev–Trinajstić information content (AvgIpc) is 2.88. The van der Waals surface area contributed by atoms with Crippen molar-refractivity contribution in [1.29, 1.82) is 0 Å². The van der Waals surface area contributed by atoms with Gasteiger partial charge in [0.15, 0.2) is 0 Å². The minimum atomic E-state index is -1.03. The molecule has 5 N–H and O–H groups in total. The summed E-state index contributed by atoms with van der Waals surface area (Å²) >= 11 is 0. The van der Waals surface area contributed by atoms with Crippen LogP contribution in [0.25, 0.3) is 0 Å². The summed E-state index contributed by atoms with van der Waals surface area (Å²) in [6, 6.07) is -0.971. The summed E-state index contributed by atoms with van der Waals surface area (Å²) in [5, 5.41) is 41.9. The Morgan fingerprint density at radius 2 is 1.48 bits per heavy atom. The van der Waals surface area contributed by atoms with Gasteiger partial charge in [-0.25, -0.2) is 0 Å². The molecule has 4 atom stereocenters. The van der Waals surface area contributed by atoms with Crippen molar-refractivity contribution in [3.05, 3.63) is 0 Å². The molecule has 0 aliphatic carbocycles. The molecule has 0 unspecified atom stereocenters. The van der Waals surface area contributed by atoms with E-state index in [0.29, 0.717) is 13.1 Å². The largest absolute Gasteiger partial charge is 0.396 e. The van der Waals surface area contributed by atoms with Crippen molar-refractivity contribution >= 4 is 5.91 Å². The van der Waals surface area contributed by atoms with E-state index in [4.69, 9.17) is 5.11 Å². The van der Waals surface area contributed by atoms with Crippen molar-refractivity contribution in [3.8, 4) is 0 Å². The van der Waals surface area contributed by atoms with Crippen LogP contribution in [0.15, 0.2) is 0 Å². The molecule has 0 aromatic rings. The highest BCUT2D eigenvalue weighted by Crippen LogP contribution is 2.28. The van der Waals surface area contributed by atoms with E-state index in [0.717, 1.165) is 57.8 Å². The highest BCUT2D eigenvalue weighted by molar-refractivity contribution is 5.76. The Morgan fingerprint density at radius 3 is 2.07 bits per heavy atom. The van der Waals surface area contributed by atoms with Crippen LogP contribution in [0.5, 0.6) is 0 Å². The summed E-state index contributed by atoms with van der Waals surface area (Å²) in [6.45, 7) is 3.37. The second-order valence-corrected chi connectivity index (χ2v) is 7.64. The van der Waals surface area contributed by atoms with Crippen molar-refractivity contribution in [2.24, 2.45) is 0 Å². The standard InChI is InChI=1S/C20H40N2O5/c1-2-3-11-21-18(25)14-16-19(26)20(27)17(15-24)22(16)12-9-7-5-4-6-8-10-13-23/h16-17,19-20,23-24,26-27H,2-15H2,1H3,(H,21,25)/t16-,17-,19+,20-/m1/s1. The van der Waals surface area contributed by atoms with E-state index in [-0.39, 0.29) is 25.5 Å². The van der Waals surface area contributed by atoms with Gasteiger partial charge in [-0.15, -0.1) is 0 Å². The zero-order chi connectivity index (χ0) is 20.1. The van der Waals surface area contributed by atoms with E-state index in [1.54, 1.807) is 0 Å². The van der Waals surface area contributed by atoms with Crippen LogP contribution in [0.1, 0.15) is 71.1 Å². The molecule has 1 aliphatic heterocycles. The first kappa shape index (κ1) is 24.3. The lowest BCUT2D eigenvalue weighted by Gasteiger charge is -2.29. The maximum Gasteiger partial charge on any atom is 0.221 e. The summed E-state index contributed by atoms with van der Waals surface area (Å²) < 4.78 is 0. The molecule has 27 heavy (non-hydrogen) atoms. The minimum Gasteiger partial charge on any atom is -0.396 e. The lowest BCUT2D eigenvalue weighted by atomic mass is 10.1. The first-order valence-electron chi connectivity index (χ1n) is 10.7. The zero-order valence-electron chi connectivity index (χ0n) is 16.9. The van der Waals surface area contributed by atoms with E-state index >= 15 is 0 Å². The third-order valence-corrected chi connectivity index (χ3v) is 5.50. The quantitative estimate of drug-likeness (QED) is 0.265. The van der Waals surface area contributed by atoms with Gasteiger partial charge < -0.3 is 25.7 Å². The Labute approximate surface area is 163 Å². The van der Waals surface area contributed by atoms with Gasteiger partial charge in [-0.05, 0) is 25.8 Å². The number of nitrogens with one attached hydrogen (secondary N) is 1. The van der Waals surface area contributed by atoms with Crippen LogP contribution >= 0.6 is 0 Å². The van der Waals surface area contributed by atoms with E-state index in [9.17, 15) is 20.1 Å². The van der Waals surface area contributed by atoms with Crippen molar-refractivity contribution in [2.45, 2.75) is 95.4 Å². The molecule has 0 aromatic carbocycles. The van der Waals surface area contributed by atoms with Crippen LogP contribution in [-0.2, 0) is 4.79 Å². The summed E-state index contributed by atoms with van der Waals surface area (Å²) in [4.78, 5) is 14.1. The van der Waals surface area contributed by atoms with Crippen molar-refractivity contribution < 1.29 is 25.2 Å². The first-order chi connectivity index (χ1) is 13.1. The van der Waals surface area contributed by atoms with Gasteiger partial charge in [0.25, 0.3) is 0 Å². The molecule has 1 amide bonds. The number of carbonyl (C=O) groups is 1. The molecule has 7 heteroatoms. The fourth-order valence-corrected chi connectivity index (χ4v) is 3.83. The van der Waals surface area contributed by atoms with Gasteiger partial charge in [0.05, 0.1) is 24.9 Å². The predicted molar refractivity (Wildman–Crippen MR) is 105 cm³/mol. The molecule has 0 saturated carbocycles. The Bertz CT molecular complexity index is 397. The van der Waals surface area contributed by atoms with E-state index in [2.05, 4.69) is 12.2 Å². The van der Waals surface area contributed by atoms with Gasteiger partial charge in [-0.1, -0.05) is 45.4 Å². The Balaban J connectivity index is 2.44. The van der Waals surface area contributed by atoms with Crippen LogP contribution in [0.2, 0.25) is 0 Å². The number of aliphatic hydroxyl groups excluding tert-OH is 4. The molecular formula is C20H40N2O5. The summed E-state index contributed by atoms with van der Waals surface area (Å²) in [6.07, 6.45) is 7.26. The monoisotopic (exact) mass is 388 g/mol. The first-order valence-corrected chi connectivity index (χ1v) is 10.7. The molecule has 1 rings (SSSR count). The summed E-state index contributed by atoms with van der Waals surface area (Å²) in [5.41, 5.74) is 0. The van der Waals surface area contributed by atoms with Gasteiger partial charge in [0.1, 0.15) is 0 Å². The number of hydrogen-bond acceptors (Lipinski definition) is 6. The number of unbranched alkanes of at least 4 members (excludes halogenated alkanes) is 7. The number of likely N-dealkylation sites (tertiary alicyclic amines) is 1. The highest BCUT2D eigenvalue weighted by Gasteiger charge is 2.47. The number of amides is 1. The molecule has 1 fully saturated rings. The smallest absolute Gasteiger partial charge is 0.221 e. The van der Waals surface area contributed by atoms with E-state index < -0.39 is 24.3 Å². The minimum absolute atomic E-state index is 0.118. The second kappa shape index (κ2) is 14.3. The number of rotatable bonds is 15. The van der Waals surface area contributed by atoms with Crippen molar-refractivity contribution in [1.82, 2.24) is 10.2 Å². The SMILES string of the molecule is CCCCNC(=O)C[C@@H]1[C@H](O)[C@H](O)[C@@H](CO)N1CCCCCCCCCO. The summed E-state index contributed by atoms with van der Waals surface area (Å²) in [5.74, 6) is -0.118. The van der Waals surface area contributed by atoms with Gasteiger partial charge in [-0.3, -0.25) is 9.69 Å². The third kappa shape index (κ3) is 8.44. The van der Waals surface area contributed by atoms with Crippen LogP contribution in [-0.4, -0.2) is 81.8 Å². The van der Waals surface area contributed by atoms with Crippen LogP contribution < -0.4 is 5.32 Å². The van der Waals surface area contributed by atoms with Crippen LogP contribution in [0.4, 0.5) is 0 Å². The van der Waals surface area contributed by atoms with Crippen molar-refractivity contribution in [2.75, 3.05) is 26.3 Å². The maximum absolute atomic E-state index is 12.2. The van der Waals surface area contributed by atoms with Gasteiger partial charge in [-0.2, -0.15) is 0 Å². The molecular weight excluding hydrogens is 348 g/mol. The van der Waals surface area contributed by atoms with Gasteiger partial charge in [0, 0.05) is 25.6 Å². The molecule has 0 spiro atoms. The number of aliphatic hydroxyl groups is 4. The molecule has 1 saturated heterocycles. The molecule has 160 valence electrons. The molecule has 1 heterocycles. The number of nitrogens with zero attached hydrogens (tertiary/aromatic N) is 1. The number of hydrogen-bond donors (Lipinski definition) is 5. The Hall–Kier alpha value is -0.730. The normalized spacial score (nSPS) is 25.8. The molecule has 0 aromatic heterocycles. The molecule has 0 radical (unpaired) electrons. The Morgan fingerprint density at radius 1 is 0.889 bits per heavy atom. The molecule has 0 bridgehead atoms. The second-order valence-electron chi connectivity index (χ2n) is 7.64.